The van der Waals surface area contributed by atoms with Crippen LogP contribution in [-0.4, -0.2) is 18.7 Å². The fourth-order valence-corrected chi connectivity index (χ4v) is 2.30. The van der Waals surface area contributed by atoms with E-state index in [-0.39, 0.29) is 6.10 Å². The van der Waals surface area contributed by atoms with Gasteiger partial charge in [0.1, 0.15) is 11.9 Å². The van der Waals surface area contributed by atoms with E-state index in [1.54, 1.807) is 0 Å². The summed E-state index contributed by atoms with van der Waals surface area (Å²) in [5.41, 5.74) is 7.57. The van der Waals surface area contributed by atoms with Crippen molar-refractivity contribution in [2.24, 2.45) is 5.73 Å². The number of aryl methyl sites for hydroxylation is 1. The zero-order chi connectivity index (χ0) is 13.1. The van der Waals surface area contributed by atoms with E-state index in [1.807, 2.05) is 0 Å². The summed E-state index contributed by atoms with van der Waals surface area (Å²) in [6.45, 7) is 4.79. The van der Waals surface area contributed by atoms with Gasteiger partial charge in [0.05, 0.1) is 6.54 Å². The Kier molecular flexibility index (Phi) is 3.75. The molecule has 4 nitrogen and oxygen atoms in total. The van der Waals surface area contributed by atoms with Gasteiger partial charge < -0.3 is 15.8 Å². The number of ether oxygens (including phenoxy) is 1. The average Bonchev–Trinajstić information content (AvgIpc) is 2.35. The van der Waals surface area contributed by atoms with Crippen molar-refractivity contribution in [2.75, 3.05) is 6.54 Å². The van der Waals surface area contributed by atoms with Gasteiger partial charge in [0, 0.05) is 0 Å². The predicted octanol–water partition coefficient (Wildman–Crippen LogP) is 2.17. The molecule has 1 aliphatic heterocycles. The Labute approximate surface area is 108 Å². The van der Waals surface area contributed by atoms with Gasteiger partial charge >= 0.3 is 6.03 Å². The Hall–Kier alpha value is -1.71. The van der Waals surface area contributed by atoms with Gasteiger partial charge in [0.2, 0.25) is 0 Å². The van der Waals surface area contributed by atoms with Crippen molar-refractivity contribution in [1.29, 1.82) is 0 Å². The zero-order valence-corrected chi connectivity index (χ0v) is 10.9. The molecule has 0 saturated heterocycles. The van der Waals surface area contributed by atoms with Crippen molar-refractivity contribution in [3.63, 3.8) is 0 Å². The van der Waals surface area contributed by atoms with E-state index in [9.17, 15) is 4.79 Å². The molecule has 1 aromatic rings. The normalized spacial score (nSPS) is 18.1. The van der Waals surface area contributed by atoms with Crippen LogP contribution in [0.4, 0.5) is 4.79 Å². The second-order valence-corrected chi connectivity index (χ2v) is 5.01. The summed E-state index contributed by atoms with van der Waals surface area (Å²) in [4.78, 5) is 10.7. The fourth-order valence-electron chi connectivity index (χ4n) is 2.30. The molecule has 0 bridgehead atoms. The van der Waals surface area contributed by atoms with Crippen LogP contribution >= 0.6 is 0 Å². The number of hydrogen-bond donors (Lipinski definition) is 2. The molecule has 4 heteroatoms. The van der Waals surface area contributed by atoms with Gasteiger partial charge in [-0.1, -0.05) is 32.0 Å². The van der Waals surface area contributed by atoms with Crippen molar-refractivity contribution >= 4 is 6.03 Å². The Morgan fingerprint density at radius 3 is 3.00 bits per heavy atom. The number of primary amides is 1. The van der Waals surface area contributed by atoms with Crippen LogP contribution < -0.4 is 15.8 Å². The van der Waals surface area contributed by atoms with Gasteiger partial charge in [-0.2, -0.15) is 0 Å². The molecule has 1 aromatic carbocycles. The van der Waals surface area contributed by atoms with Crippen molar-refractivity contribution in [1.82, 2.24) is 5.32 Å². The molecule has 1 atom stereocenters. The van der Waals surface area contributed by atoms with Gasteiger partial charge in [-0.15, -0.1) is 0 Å². The minimum Gasteiger partial charge on any atom is -0.488 e. The van der Waals surface area contributed by atoms with Crippen LogP contribution in [0.1, 0.15) is 37.3 Å². The number of nitrogens with two attached hydrogens (primary N) is 1. The number of carbonyl (C=O) groups is 1. The highest BCUT2D eigenvalue weighted by atomic mass is 16.5. The molecule has 0 aromatic heterocycles. The number of fused-ring (bicyclic) bond motifs is 1. The van der Waals surface area contributed by atoms with Crippen LogP contribution in [0.2, 0.25) is 0 Å². The van der Waals surface area contributed by atoms with E-state index in [0.717, 1.165) is 18.6 Å². The third-order valence-corrected chi connectivity index (χ3v) is 3.27. The van der Waals surface area contributed by atoms with Gasteiger partial charge in [0.25, 0.3) is 0 Å². The van der Waals surface area contributed by atoms with Crippen molar-refractivity contribution in [3.8, 4) is 5.75 Å². The van der Waals surface area contributed by atoms with Crippen LogP contribution in [0, 0.1) is 0 Å². The molecule has 98 valence electrons. The number of hydrogen-bond acceptors (Lipinski definition) is 2. The van der Waals surface area contributed by atoms with Crippen molar-refractivity contribution < 1.29 is 9.53 Å². The molecular formula is C14H20N2O2. The number of amides is 2. The highest BCUT2D eigenvalue weighted by Crippen LogP contribution is 2.35. The number of benzene rings is 1. The monoisotopic (exact) mass is 248 g/mol. The maximum Gasteiger partial charge on any atom is 0.312 e. The molecule has 1 aliphatic rings. The fraction of sp³-hybridized carbons (Fsp3) is 0.500. The molecule has 0 fully saturated rings. The molecule has 0 saturated carbocycles. The molecule has 2 amide bonds. The summed E-state index contributed by atoms with van der Waals surface area (Å²) in [6, 6.07) is 5.80. The molecule has 2 rings (SSSR count). The number of rotatable bonds is 3. The highest BCUT2D eigenvalue weighted by Gasteiger charge is 2.23. The molecule has 18 heavy (non-hydrogen) atoms. The molecule has 1 heterocycles. The quantitative estimate of drug-likeness (QED) is 0.861. The first-order valence-electron chi connectivity index (χ1n) is 6.39. The minimum atomic E-state index is -0.499. The lowest BCUT2D eigenvalue weighted by atomic mass is 9.94. The Morgan fingerprint density at radius 2 is 2.33 bits per heavy atom. The molecule has 0 spiro atoms. The van der Waals surface area contributed by atoms with Gasteiger partial charge in [-0.3, -0.25) is 0 Å². The summed E-state index contributed by atoms with van der Waals surface area (Å²) >= 11 is 0. The zero-order valence-electron chi connectivity index (χ0n) is 10.9. The molecule has 1 unspecified atom stereocenters. The predicted molar refractivity (Wildman–Crippen MR) is 70.9 cm³/mol. The van der Waals surface area contributed by atoms with Gasteiger partial charge in [-0.25, -0.2) is 4.79 Å². The Morgan fingerprint density at radius 1 is 1.56 bits per heavy atom. The molecule has 0 radical (unpaired) electrons. The second-order valence-electron chi connectivity index (χ2n) is 5.01. The Balaban J connectivity index is 2.14. The maximum absolute atomic E-state index is 10.7. The van der Waals surface area contributed by atoms with E-state index in [2.05, 4.69) is 37.4 Å². The summed E-state index contributed by atoms with van der Waals surface area (Å²) in [7, 11) is 0. The van der Waals surface area contributed by atoms with Crippen LogP contribution in [0.3, 0.4) is 0 Å². The SMILES string of the molecule is CC(C)c1cccc2c1OC(CNC(N)=O)CC2. The number of nitrogens with one attached hydrogen (secondary N) is 1. The van der Waals surface area contributed by atoms with E-state index in [4.69, 9.17) is 10.5 Å². The van der Waals surface area contributed by atoms with E-state index < -0.39 is 6.03 Å². The summed E-state index contributed by atoms with van der Waals surface area (Å²) in [6.07, 6.45) is 1.92. The molecule has 0 aliphatic carbocycles. The first-order valence-corrected chi connectivity index (χ1v) is 6.39. The maximum atomic E-state index is 10.7. The number of carbonyl (C=O) groups excluding carboxylic acids is 1. The number of urea groups is 1. The van der Waals surface area contributed by atoms with Gasteiger partial charge in [0.15, 0.2) is 0 Å². The average molecular weight is 248 g/mol. The lowest BCUT2D eigenvalue weighted by Gasteiger charge is -2.28. The van der Waals surface area contributed by atoms with Crippen LogP contribution in [0.15, 0.2) is 18.2 Å². The molecule has 3 N–H and O–H groups in total. The first kappa shape index (κ1) is 12.7. The standard InChI is InChI=1S/C14H20N2O2/c1-9(2)12-5-3-4-10-6-7-11(18-13(10)12)8-16-14(15)17/h3-5,9,11H,6-8H2,1-2H3,(H3,15,16,17). The van der Waals surface area contributed by atoms with E-state index >= 15 is 0 Å². The topological polar surface area (TPSA) is 64.3 Å². The summed E-state index contributed by atoms with van der Waals surface area (Å²) in [5.74, 6) is 1.43. The first-order chi connectivity index (χ1) is 8.58. The minimum absolute atomic E-state index is 0.0184. The van der Waals surface area contributed by atoms with E-state index in [0.29, 0.717) is 12.5 Å². The second kappa shape index (κ2) is 5.29. The summed E-state index contributed by atoms with van der Waals surface area (Å²) in [5, 5.41) is 2.61. The van der Waals surface area contributed by atoms with Crippen LogP contribution in [0.5, 0.6) is 5.75 Å². The third-order valence-electron chi connectivity index (χ3n) is 3.27. The van der Waals surface area contributed by atoms with Crippen LogP contribution in [-0.2, 0) is 6.42 Å². The van der Waals surface area contributed by atoms with Crippen molar-refractivity contribution in [2.45, 2.75) is 38.7 Å². The third kappa shape index (κ3) is 2.75. The molecular weight excluding hydrogens is 228 g/mol. The summed E-state index contributed by atoms with van der Waals surface area (Å²) < 4.78 is 6.00. The Bertz CT molecular complexity index is 443. The lowest BCUT2D eigenvalue weighted by molar-refractivity contribution is 0.168. The van der Waals surface area contributed by atoms with Crippen LogP contribution in [0.25, 0.3) is 0 Å². The highest BCUT2D eigenvalue weighted by molar-refractivity contribution is 5.71. The largest absolute Gasteiger partial charge is 0.488 e. The van der Waals surface area contributed by atoms with Crippen molar-refractivity contribution in [3.05, 3.63) is 29.3 Å². The van der Waals surface area contributed by atoms with Gasteiger partial charge in [-0.05, 0) is 29.9 Å². The number of para-hydroxylation sites is 1. The lowest BCUT2D eigenvalue weighted by Crippen LogP contribution is -2.39. The smallest absolute Gasteiger partial charge is 0.312 e. The van der Waals surface area contributed by atoms with E-state index in [1.165, 1.54) is 11.1 Å².